The fourth-order valence-corrected chi connectivity index (χ4v) is 5.65. The zero-order valence-electron chi connectivity index (χ0n) is 20.0. The molecule has 0 aromatic carbocycles. The quantitative estimate of drug-likeness (QED) is 0.152. The number of halogens is 1. The number of likely N-dealkylation sites (tertiary alicyclic amines) is 1. The van der Waals surface area contributed by atoms with Crippen molar-refractivity contribution in [3.8, 4) is 0 Å². The summed E-state index contributed by atoms with van der Waals surface area (Å²) in [6.07, 6.45) is 20.9. The molecular formula is C27H42ClNO3. The van der Waals surface area contributed by atoms with Gasteiger partial charge in [0.15, 0.2) is 0 Å². The molecule has 0 bridgehead atoms. The molecule has 0 N–H and O–H groups in total. The number of alkyl halides is 1. The second-order valence-corrected chi connectivity index (χ2v) is 10.6. The van der Waals surface area contributed by atoms with Gasteiger partial charge in [-0.2, -0.15) is 0 Å². The number of unbranched alkanes of at least 4 members (excludes halogenated alkanes) is 3. The van der Waals surface area contributed by atoms with Crippen LogP contribution in [0.3, 0.4) is 0 Å². The summed E-state index contributed by atoms with van der Waals surface area (Å²) in [5.74, 6) is 0.254. The molecule has 0 aromatic rings. The van der Waals surface area contributed by atoms with E-state index in [0.717, 1.165) is 90.0 Å². The van der Waals surface area contributed by atoms with Crippen molar-refractivity contribution >= 4 is 23.7 Å². The van der Waals surface area contributed by atoms with Crippen LogP contribution in [-0.4, -0.2) is 34.9 Å². The van der Waals surface area contributed by atoms with Gasteiger partial charge in [-0.05, 0) is 82.1 Å². The van der Waals surface area contributed by atoms with Crippen LogP contribution in [0.2, 0.25) is 0 Å². The number of amides is 1. The van der Waals surface area contributed by atoms with Crippen molar-refractivity contribution < 1.29 is 14.3 Å². The molecule has 5 heteroatoms. The Hall–Kier alpha value is -1.29. The molecule has 32 heavy (non-hydrogen) atoms. The number of hydrogen-bond donors (Lipinski definition) is 0. The summed E-state index contributed by atoms with van der Waals surface area (Å²) in [5, 5.41) is 0.330. The lowest BCUT2D eigenvalue weighted by Gasteiger charge is -2.34. The van der Waals surface area contributed by atoms with Crippen LogP contribution in [0, 0.1) is 5.92 Å². The van der Waals surface area contributed by atoms with E-state index in [4.69, 9.17) is 16.3 Å². The average molecular weight is 464 g/mol. The van der Waals surface area contributed by atoms with Gasteiger partial charge in [-0.15, -0.1) is 11.6 Å². The van der Waals surface area contributed by atoms with Crippen LogP contribution in [0.5, 0.6) is 0 Å². The van der Waals surface area contributed by atoms with Gasteiger partial charge in [0.2, 0.25) is 0 Å². The molecule has 3 rings (SSSR count). The minimum atomic E-state index is -0.421. The topological polar surface area (TPSA) is 46.6 Å². The van der Waals surface area contributed by atoms with Crippen molar-refractivity contribution in [2.45, 2.75) is 121 Å². The van der Waals surface area contributed by atoms with E-state index in [1.165, 1.54) is 18.4 Å². The maximum Gasteiger partial charge on any atom is 0.417 e. The molecule has 1 saturated heterocycles. The van der Waals surface area contributed by atoms with Crippen molar-refractivity contribution in [2.24, 2.45) is 5.92 Å². The smallest absolute Gasteiger partial charge is 0.376 e. The van der Waals surface area contributed by atoms with E-state index in [1.807, 2.05) is 0 Å². The number of carbonyl (C=O) groups excluding carboxylic acids is 2. The summed E-state index contributed by atoms with van der Waals surface area (Å²) in [6.45, 7) is 2.89. The van der Waals surface area contributed by atoms with E-state index in [9.17, 15) is 9.59 Å². The summed E-state index contributed by atoms with van der Waals surface area (Å²) < 4.78 is 5.20. The Morgan fingerprint density at radius 3 is 2.75 bits per heavy atom. The number of carbonyl (C=O) groups is 2. The number of allylic oxidation sites excluding steroid dienone is 4. The third kappa shape index (κ3) is 7.93. The van der Waals surface area contributed by atoms with Gasteiger partial charge in [-0.25, -0.2) is 4.79 Å². The normalized spacial score (nSPS) is 25.9. The molecule has 0 aromatic heterocycles. The van der Waals surface area contributed by atoms with Crippen molar-refractivity contribution in [3.05, 3.63) is 23.3 Å². The predicted octanol–water partition coefficient (Wildman–Crippen LogP) is 7.70. The Morgan fingerprint density at radius 2 is 1.91 bits per heavy atom. The summed E-state index contributed by atoms with van der Waals surface area (Å²) in [4.78, 5) is 26.5. The fourth-order valence-electron chi connectivity index (χ4n) is 5.43. The lowest BCUT2D eigenvalue weighted by molar-refractivity contribution is -0.138. The number of piperidine rings is 1. The number of ether oxygens (including phenoxy) is 1. The molecule has 3 unspecified atom stereocenters. The third-order valence-electron chi connectivity index (χ3n) is 7.43. The van der Waals surface area contributed by atoms with Crippen LogP contribution < -0.4 is 0 Å². The molecule has 0 radical (unpaired) electrons. The summed E-state index contributed by atoms with van der Waals surface area (Å²) in [5.41, 5.74) is 3.15. The molecular weight excluding hydrogens is 422 g/mol. The van der Waals surface area contributed by atoms with Crippen molar-refractivity contribution in [1.82, 2.24) is 4.90 Å². The predicted molar refractivity (Wildman–Crippen MR) is 131 cm³/mol. The maximum absolute atomic E-state index is 12.5. The molecule has 1 fully saturated rings. The summed E-state index contributed by atoms with van der Waals surface area (Å²) in [7, 11) is 0. The lowest BCUT2D eigenvalue weighted by atomic mass is 9.84. The maximum atomic E-state index is 12.5. The second kappa shape index (κ2) is 13.4. The molecule has 0 saturated carbocycles. The Labute approximate surface area is 199 Å². The van der Waals surface area contributed by atoms with Gasteiger partial charge in [-0.1, -0.05) is 50.3 Å². The van der Waals surface area contributed by atoms with E-state index in [2.05, 4.69) is 19.1 Å². The number of esters is 1. The first kappa shape index (κ1) is 25.3. The van der Waals surface area contributed by atoms with Gasteiger partial charge in [0.1, 0.15) is 0 Å². The standard InChI is InChI=1S/C27H42ClNO3/c1-2-3-10-25-11-7-8-19-29(25)27(31)32-26(30)12-6-4-5-9-21-13-14-22-15-17-24(28)18-16-23(22)20-21/h13-14,21,24-25H,2-12,15-20H2,1H3. The Kier molecular flexibility index (Phi) is 10.6. The minimum absolute atomic E-state index is 0.243. The van der Waals surface area contributed by atoms with E-state index in [0.29, 0.717) is 17.7 Å². The molecule has 1 amide bonds. The molecule has 3 atom stereocenters. The highest BCUT2D eigenvalue weighted by atomic mass is 35.5. The van der Waals surface area contributed by atoms with Gasteiger partial charge >= 0.3 is 12.1 Å². The fraction of sp³-hybridized carbons (Fsp3) is 0.778. The van der Waals surface area contributed by atoms with Crippen LogP contribution in [0.15, 0.2) is 23.3 Å². The molecule has 4 nitrogen and oxygen atoms in total. The van der Waals surface area contributed by atoms with Gasteiger partial charge in [0.25, 0.3) is 0 Å². The highest BCUT2D eigenvalue weighted by Crippen LogP contribution is 2.36. The molecule has 2 aliphatic carbocycles. The van der Waals surface area contributed by atoms with E-state index < -0.39 is 6.09 Å². The van der Waals surface area contributed by atoms with Gasteiger partial charge < -0.3 is 9.64 Å². The molecule has 0 spiro atoms. The largest absolute Gasteiger partial charge is 0.417 e. The molecule has 3 aliphatic rings. The van der Waals surface area contributed by atoms with Gasteiger partial charge in [-0.3, -0.25) is 4.79 Å². The van der Waals surface area contributed by atoms with Crippen LogP contribution in [0.25, 0.3) is 0 Å². The summed E-state index contributed by atoms with van der Waals surface area (Å²) >= 11 is 6.36. The Balaban J connectivity index is 1.30. The Bertz CT molecular complexity index is 686. The zero-order chi connectivity index (χ0) is 22.8. The van der Waals surface area contributed by atoms with Crippen molar-refractivity contribution in [1.29, 1.82) is 0 Å². The minimum Gasteiger partial charge on any atom is -0.376 e. The number of rotatable bonds is 9. The number of hydrogen-bond acceptors (Lipinski definition) is 3. The third-order valence-corrected chi connectivity index (χ3v) is 7.86. The van der Waals surface area contributed by atoms with Crippen molar-refractivity contribution in [2.75, 3.05) is 6.54 Å². The highest BCUT2D eigenvalue weighted by Gasteiger charge is 2.28. The van der Waals surface area contributed by atoms with Gasteiger partial charge in [0, 0.05) is 24.4 Å². The average Bonchev–Trinajstić information content (AvgIpc) is 2.98. The monoisotopic (exact) mass is 463 g/mol. The SMILES string of the molecule is CCCCC1CCCCN1C(=O)OC(=O)CCCCCC1C=CC2=C(CCC(Cl)CC2)C1. The second-order valence-electron chi connectivity index (χ2n) is 9.95. The van der Waals surface area contributed by atoms with E-state index in [1.54, 1.807) is 10.5 Å². The highest BCUT2D eigenvalue weighted by molar-refractivity contribution is 6.20. The zero-order valence-corrected chi connectivity index (χ0v) is 20.7. The first-order chi connectivity index (χ1) is 15.6. The van der Waals surface area contributed by atoms with E-state index in [-0.39, 0.29) is 12.0 Å². The van der Waals surface area contributed by atoms with Crippen LogP contribution in [0.1, 0.15) is 110 Å². The molecule has 1 aliphatic heterocycles. The van der Waals surface area contributed by atoms with Crippen molar-refractivity contribution in [3.63, 3.8) is 0 Å². The first-order valence-corrected chi connectivity index (χ1v) is 13.5. The Morgan fingerprint density at radius 1 is 1.06 bits per heavy atom. The molecule has 1 heterocycles. The molecule has 180 valence electrons. The van der Waals surface area contributed by atoms with Gasteiger partial charge in [0.05, 0.1) is 0 Å². The van der Waals surface area contributed by atoms with Crippen LogP contribution in [-0.2, 0) is 9.53 Å². The van der Waals surface area contributed by atoms with Crippen LogP contribution >= 0.6 is 11.6 Å². The van der Waals surface area contributed by atoms with Crippen LogP contribution in [0.4, 0.5) is 4.79 Å². The lowest BCUT2D eigenvalue weighted by Crippen LogP contribution is -2.44. The summed E-state index contributed by atoms with van der Waals surface area (Å²) in [6, 6.07) is 0.243. The first-order valence-electron chi connectivity index (χ1n) is 13.1. The number of nitrogens with zero attached hydrogens (tertiary/aromatic N) is 1. The van der Waals surface area contributed by atoms with E-state index >= 15 is 0 Å².